The molecule has 21 heavy (non-hydrogen) atoms. The lowest BCUT2D eigenvalue weighted by Gasteiger charge is -2.16. The van der Waals surface area contributed by atoms with Crippen LogP contribution in [0.15, 0.2) is 45.3 Å². The molecular weight excluding hydrogens is 417 g/mol. The van der Waals surface area contributed by atoms with Crippen molar-refractivity contribution in [1.82, 2.24) is 0 Å². The molecule has 0 fully saturated rings. The first-order valence-electron chi connectivity index (χ1n) is 6.66. The highest BCUT2D eigenvalue weighted by Gasteiger charge is 2.15. The van der Waals surface area contributed by atoms with Crippen LogP contribution in [0.25, 0.3) is 0 Å². The molecule has 2 N–H and O–H groups in total. The van der Waals surface area contributed by atoms with Crippen molar-refractivity contribution in [3.8, 4) is 5.75 Å². The van der Waals surface area contributed by atoms with Crippen molar-refractivity contribution in [1.29, 1.82) is 0 Å². The van der Waals surface area contributed by atoms with Gasteiger partial charge in [-0.15, -0.1) is 0 Å². The van der Waals surface area contributed by atoms with E-state index in [0.717, 1.165) is 32.2 Å². The summed E-state index contributed by atoms with van der Waals surface area (Å²) in [6, 6.07) is 11.4. The molecule has 1 atom stereocenters. The second kappa shape index (κ2) is 7.63. The van der Waals surface area contributed by atoms with Crippen LogP contribution in [-0.4, -0.2) is 6.61 Å². The van der Waals surface area contributed by atoms with Crippen molar-refractivity contribution in [2.45, 2.75) is 19.4 Å². The summed E-state index contributed by atoms with van der Waals surface area (Å²) < 4.78 is 7.39. The van der Waals surface area contributed by atoms with Gasteiger partial charge < -0.3 is 10.5 Å². The first-order valence-corrected chi connectivity index (χ1v) is 8.62. The van der Waals surface area contributed by atoms with Crippen LogP contribution < -0.4 is 10.5 Å². The molecule has 0 spiro atoms. The van der Waals surface area contributed by atoms with E-state index in [1.807, 2.05) is 36.4 Å². The average molecular weight is 434 g/mol. The molecule has 2 aromatic carbocycles. The molecule has 1 unspecified atom stereocenters. The van der Waals surface area contributed by atoms with Gasteiger partial charge in [0, 0.05) is 4.47 Å². The largest absolute Gasteiger partial charge is 0.492 e. The highest BCUT2D eigenvalue weighted by Crippen LogP contribution is 2.34. The minimum Gasteiger partial charge on any atom is -0.492 e. The Bertz CT molecular complexity index is 634. The van der Waals surface area contributed by atoms with Gasteiger partial charge in [-0.1, -0.05) is 36.7 Å². The van der Waals surface area contributed by atoms with Crippen molar-refractivity contribution in [2.75, 3.05) is 6.61 Å². The smallest absolute Gasteiger partial charge is 0.133 e. The summed E-state index contributed by atoms with van der Waals surface area (Å²) >= 11 is 13.3. The monoisotopic (exact) mass is 431 g/mol. The summed E-state index contributed by atoms with van der Waals surface area (Å²) in [5, 5.41) is 0.646. The molecule has 5 heteroatoms. The summed E-state index contributed by atoms with van der Waals surface area (Å²) in [4.78, 5) is 0. The number of rotatable bonds is 5. The molecule has 0 saturated carbocycles. The second-order valence-corrected chi connectivity index (χ2v) is 6.75. The predicted molar refractivity (Wildman–Crippen MR) is 95.1 cm³/mol. The normalized spacial score (nSPS) is 12.2. The van der Waals surface area contributed by atoms with Crippen molar-refractivity contribution in [3.05, 3.63) is 61.5 Å². The molecule has 0 heterocycles. The van der Waals surface area contributed by atoms with E-state index in [1.165, 1.54) is 0 Å². The third-order valence-corrected chi connectivity index (χ3v) is 5.02. The van der Waals surface area contributed by atoms with Gasteiger partial charge in [0.2, 0.25) is 0 Å². The van der Waals surface area contributed by atoms with E-state index in [4.69, 9.17) is 22.1 Å². The third-order valence-electron chi connectivity index (χ3n) is 3.09. The first-order chi connectivity index (χ1) is 10.0. The molecule has 2 nitrogen and oxygen atoms in total. The van der Waals surface area contributed by atoms with Gasteiger partial charge >= 0.3 is 0 Å². The van der Waals surface area contributed by atoms with Crippen LogP contribution in [0.3, 0.4) is 0 Å². The van der Waals surface area contributed by atoms with E-state index < -0.39 is 0 Å². The summed E-state index contributed by atoms with van der Waals surface area (Å²) in [6.07, 6.45) is 0.974. The van der Waals surface area contributed by atoms with Crippen LogP contribution in [0.5, 0.6) is 5.75 Å². The standard InChI is InChI=1S/C16H16Br2ClNO/c1-2-8-21-14-7-6-10(9-13(14)18)16(20)11-4-3-5-12(17)15(11)19/h3-7,9,16H,2,8,20H2,1H3. The molecule has 0 radical (unpaired) electrons. The lowest BCUT2D eigenvalue weighted by atomic mass is 9.99. The molecule has 0 saturated heterocycles. The number of ether oxygens (including phenoxy) is 1. The Hall–Kier alpha value is -0.550. The minimum absolute atomic E-state index is 0.286. The SMILES string of the molecule is CCCOc1ccc(C(N)c2cccc(Br)c2Cl)cc1Br. The Labute approximate surface area is 146 Å². The molecule has 0 aliphatic heterocycles. The Kier molecular flexibility index (Phi) is 6.11. The van der Waals surface area contributed by atoms with Crippen LogP contribution in [-0.2, 0) is 0 Å². The quantitative estimate of drug-likeness (QED) is 0.656. The molecule has 0 aliphatic carbocycles. The molecule has 0 amide bonds. The van der Waals surface area contributed by atoms with E-state index in [1.54, 1.807) is 0 Å². The third kappa shape index (κ3) is 4.01. The van der Waals surface area contributed by atoms with Gasteiger partial charge in [0.15, 0.2) is 0 Å². The van der Waals surface area contributed by atoms with Gasteiger partial charge in [-0.3, -0.25) is 0 Å². The van der Waals surface area contributed by atoms with Crippen LogP contribution in [0.4, 0.5) is 0 Å². The number of hydrogen-bond donors (Lipinski definition) is 1. The zero-order valence-electron chi connectivity index (χ0n) is 11.6. The van der Waals surface area contributed by atoms with E-state index in [2.05, 4.69) is 38.8 Å². The predicted octanol–water partition coefficient (Wildman–Crippen LogP) is 5.70. The Morgan fingerprint density at radius 1 is 1.19 bits per heavy atom. The highest BCUT2D eigenvalue weighted by molar-refractivity contribution is 9.10. The number of benzene rings is 2. The lowest BCUT2D eigenvalue weighted by molar-refractivity contribution is 0.315. The first kappa shape index (κ1) is 16.8. The zero-order valence-corrected chi connectivity index (χ0v) is 15.5. The van der Waals surface area contributed by atoms with Gasteiger partial charge in [0.1, 0.15) is 5.75 Å². The molecule has 0 aliphatic rings. The van der Waals surface area contributed by atoms with Crippen molar-refractivity contribution < 1.29 is 4.74 Å². The fraction of sp³-hybridized carbons (Fsp3) is 0.250. The van der Waals surface area contributed by atoms with E-state index in [-0.39, 0.29) is 6.04 Å². The second-order valence-electron chi connectivity index (χ2n) is 4.66. The fourth-order valence-electron chi connectivity index (χ4n) is 1.98. The molecule has 2 rings (SSSR count). The summed E-state index contributed by atoms with van der Waals surface area (Å²) in [5.41, 5.74) is 8.20. The van der Waals surface area contributed by atoms with Crippen molar-refractivity contribution in [3.63, 3.8) is 0 Å². The van der Waals surface area contributed by atoms with Crippen LogP contribution >= 0.6 is 43.5 Å². The van der Waals surface area contributed by atoms with Crippen LogP contribution in [0.2, 0.25) is 5.02 Å². The lowest BCUT2D eigenvalue weighted by Crippen LogP contribution is -2.12. The van der Waals surface area contributed by atoms with Crippen LogP contribution in [0.1, 0.15) is 30.5 Å². The van der Waals surface area contributed by atoms with E-state index >= 15 is 0 Å². The molecule has 112 valence electrons. The van der Waals surface area contributed by atoms with Crippen LogP contribution in [0, 0.1) is 0 Å². The van der Waals surface area contributed by atoms with Crippen molar-refractivity contribution >= 4 is 43.5 Å². The summed E-state index contributed by atoms with van der Waals surface area (Å²) in [7, 11) is 0. The van der Waals surface area contributed by atoms with Gasteiger partial charge in [-0.05, 0) is 67.6 Å². The molecular formula is C16H16Br2ClNO. The highest BCUT2D eigenvalue weighted by atomic mass is 79.9. The van der Waals surface area contributed by atoms with E-state index in [0.29, 0.717) is 11.6 Å². The summed E-state index contributed by atoms with van der Waals surface area (Å²) in [5.74, 6) is 0.827. The van der Waals surface area contributed by atoms with Gasteiger partial charge in [0.05, 0.1) is 22.1 Å². The molecule has 0 bridgehead atoms. The topological polar surface area (TPSA) is 35.2 Å². The Morgan fingerprint density at radius 3 is 2.62 bits per heavy atom. The Balaban J connectivity index is 2.29. The number of hydrogen-bond acceptors (Lipinski definition) is 2. The minimum atomic E-state index is -0.286. The van der Waals surface area contributed by atoms with Gasteiger partial charge in [-0.2, -0.15) is 0 Å². The van der Waals surface area contributed by atoms with Gasteiger partial charge in [-0.25, -0.2) is 0 Å². The fourth-order valence-corrected chi connectivity index (χ4v) is 3.12. The van der Waals surface area contributed by atoms with E-state index in [9.17, 15) is 0 Å². The average Bonchev–Trinajstić information content (AvgIpc) is 2.48. The Morgan fingerprint density at radius 2 is 1.95 bits per heavy atom. The van der Waals surface area contributed by atoms with Crippen molar-refractivity contribution in [2.24, 2.45) is 5.73 Å². The van der Waals surface area contributed by atoms with Gasteiger partial charge in [0.25, 0.3) is 0 Å². The number of halogens is 3. The zero-order chi connectivity index (χ0) is 15.4. The summed E-state index contributed by atoms with van der Waals surface area (Å²) in [6.45, 7) is 2.77. The maximum Gasteiger partial charge on any atom is 0.133 e. The molecule has 2 aromatic rings. The maximum absolute atomic E-state index is 6.34. The maximum atomic E-state index is 6.34. The number of nitrogens with two attached hydrogens (primary N) is 1. The molecule has 0 aromatic heterocycles.